The molecule has 0 radical (unpaired) electrons. The molecule has 1 aliphatic heterocycles. The molecule has 1 aromatic heterocycles. The maximum atomic E-state index is 11.8. The summed E-state index contributed by atoms with van der Waals surface area (Å²) in [5.74, 6) is 0. The molecule has 5 nitrogen and oxygen atoms in total. The maximum absolute atomic E-state index is 11.8. The van der Waals surface area contributed by atoms with Gasteiger partial charge in [-0.15, -0.1) is 0 Å². The Morgan fingerprint density at radius 1 is 1.38 bits per heavy atom. The van der Waals surface area contributed by atoms with Crippen LogP contribution in [0.25, 0.3) is 0 Å². The molecular weight excluding hydrogens is 226 g/mol. The number of pyridine rings is 1. The van der Waals surface area contributed by atoms with Crippen LogP contribution >= 0.6 is 0 Å². The van der Waals surface area contributed by atoms with E-state index in [0.29, 0.717) is 19.6 Å². The van der Waals surface area contributed by atoms with Crippen molar-refractivity contribution in [2.45, 2.75) is 19.4 Å². The van der Waals surface area contributed by atoms with E-state index < -0.39 is 10.2 Å². The van der Waals surface area contributed by atoms with Gasteiger partial charge in [-0.2, -0.15) is 17.4 Å². The molecule has 1 saturated heterocycles. The van der Waals surface area contributed by atoms with Gasteiger partial charge < -0.3 is 0 Å². The third kappa shape index (κ3) is 2.78. The van der Waals surface area contributed by atoms with Crippen LogP contribution in [0.2, 0.25) is 0 Å². The predicted octanol–water partition coefficient (Wildman–Crippen LogP) is 0.512. The first kappa shape index (κ1) is 11.5. The van der Waals surface area contributed by atoms with E-state index in [2.05, 4.69) is 9.71 Å². The first-order valence-electron chi connectivity index (χ1n) is 5.32. The molecule has 2 rings (SSSR count). The molecule has 1 aromatic rings. The molecule has 2 heterocycles. The summed E-state index contributed by atoms with van der Waals surface area (Å²) >= 11 is 0. The SMILES string of the molecule is O=S(=O)(NCc1cccnc1)N1CCCC1. The number of hydrogen-bond donors (Lipinski definition) is 1. The summed E-state index contributed by atoms with van der Waals surface area (Å²) in [6.07, 6.45) is 5.23. The van der Waals surface area contributed by atoms with Crippen molar-refractivity contribution in [2.75, 3.05) is 13.1 Å². The Morgan fingerprint density at radius 2 is 2.12 bits per heavy atom. The minimum absolute atomic E-state index is 0.298. The molecule has 0 saturated carbocycles. The maximum Gasteiger partial charge on any atom is 0.279 e. The zero-order valence-corrected chi connectivity index (χ0v) is 9.78. The number of aromatic nitrogens is 1. The molecule has 0 aromatic carbocycles. The first-order chi connectivity index (χ1) is 7.68. The topological polar surface area (TPSA) is 62.3 Å². The Morgan fingerprint density at radius 3 is 2.75 bits per heavy atom. The van der Waals surface area contributed by atoms with E-state index in [9.17, 15) is 8.42 Å². The highest BCUT2D eigenvalue weighted by Gasteiger charge is 2.24. The second kappa shape index (κ2) is 4.90. The second-order valence-corrected chi connectivity index (χ2v) is 5.55. The summed E-state index contributed by atoms with van der Waals surface area (Å²) in [6, 6.07) is 3.64. The van der Waals surface area contributed by atoms with Crippen LogP contribution in [-0.4, -0.2) is 30.8 Å². The van der Waals surface area contributed by atoms with Crippen LogP contribution in [0.1, 0.15) is 18.4 Å². The van der Waals surface area contributed by atoms with Gasteiger partial charge in [-0.05, 0) is 24.5 Å². The van der Waals surface area contributed by atoms with Gasteiger partial charge in [0.05, 0.1) is 0 Å². The molecule has 1 N–H and O–H groups in total. The largest absolute Gasteiger partial charge is 0.279 e. The normalized spacial score (nSPS) is 17.8. The molecule has 6 heteroatoms. The Hall–Kier alpha value is -0.980. The summed E-state index contributed by atoms with van der Waals surface area (Å²) in [5.41, 5.74) is 0.866. The minimum atomic E-state index is -3.30. The zero-order chi connectivity index (χ0) is 11.4. The first-order valence-corrected chi connectivity index (χ1v) is 6.76. The van der Waals surface area contributed by atoms with Crippen molar-refractivity contribution in [1.82, 2.24) is 14.0 Å². The highest BCUT2D eigenvalue weighted by Crippen LogP contribution is 2.11. The molecule has 0 unspecified atom stereocenters. The predicted molar refractivity (Wildman–Crippen MR) is 60.8 cm³/mol. The summed E-state index contributed by atoms with van der Waals surface area (Å²) in [7, 11) is -3.30. The zero-order valence-electron chi connectivity index (χ0n) is 8.96. The molecule has 1 aliphatic rings. The van der Waals surface area contributed by atoms with Crippen LogP contribution in [0.3, 0.4) is 0 Å². The van der Waals surface area contributed by atoms with Gasteiger partial charge in [0.15, 0.2) is 0 Å². The Kier molecular flexibility index (Phi) is 3.52. The van der Waals surface area contributed by atoms with Gasteiger partial charge in [-0.25, -0.2) is 0 Å². The second-order valence-electron chi connectivity index (χ2n) is 3.79. The van der Waals surface area contributed by atoms with Crippen LogP contribution in [0.5, 0.6) is 0 Å². The van der Waals surface area contributed by atoms with E-state index in [0.717, 1.165) is 18.4 Å². The third-order valence-corrected chi connectivity index (χ3v) is 4.14. The molecule has 88 valence electrons. The standard InChI is InChI=1S/C10H15N3O2S/c14-16(15,13-6-1-2-7-13)12-9-10-4-3-5-11-8-10/h3-5,8,12H,1-2,6-7,9H2. The van der Waals surface area contributed by atoms with Crippen molar-refractivity contribution in [3.05, 3.63) is 30.1 Å². The fourth-order valence-corrected chi connectivity index (χ4v) is 2.97. The Balaban J connectivity index is 1.94. The molecule has 1 fully saturated rings. The van der Waals surface area contributed by atoms with E-state index in [-0.39, 0.29) is 0 Å². The molecule has 0 bridgehead atoms. The number of nitrogens with zero attached hydrogens (tertiary/aromatic N) is 2. The van der Waals surface area contributed by atoms with Crippen molar-refractivity contribution in [3.63, 3.8) is 0 Å². The minimum Gasteiger partial charge on any atom is -0.264 e. The third-order valence-electron chi connectivity index (χ3n) is 2.59. The van der Waals surface area contributed by atoms with E-state index in [4.69, 9.17) is 0 Å². The van der Waals surface area contributed by atoms with E-state index >= 15 is 0 Å². The van der Waals surface area contributed by atoms with Crippen LogP contribution < -0.4 is 4.72 Å². The highest BCUT2D eigenvalue weighted by atomic mass is 32.2. The molecule has 0 spiro atoms. The van der Waals surface area contributed by atoms with Gasteiger partial charge in [0.1, 0.15) is 0 Å². The van der Waals surface area contributed by atoms with E-state index in [1.807, 2.05) is 6.07 Å². The monoisotopic (exact) mass is 241 g/mol. The smallest absolute Gasteiger partial charge is 0.264 e. The van der Waals surface area contributed by atoms with Gasteiger partial charge >= 0.3 is 0 Å². The quantitative estimate of drug-likeness (QED) is 0.835. The summed E-state index contributed by atoms with van der Waals surface area (Å²) < 4.78 is 27.7. The van der Waals surface area contributed by atoms with Crippen LogP contribution in [-0.2, 0) is 16.8 Å². The summed E-state index contributed by atoms with van der Waals surface area (Å²) in [6.45, 7) is 1.55. The number of rotatable bonds is 4. The summed E-state index contributed by atoms with van der Waals surface area (Å²) in [5, 5.41) is 0. The lowest BCUT2D eigenvalue weighted by atomic mass is 10.3. The van der Waals surface area contributed by atoms with Crippen molar-refractivity contribution in [3.8, 4) is 0 Å². The average Bonchev–Trinajstić information content (AvgIpc) is 2.82. The fraction of sp³-hybridized carbons (Fsp3) is 0.500. The van der Waals surface area contributed by atoms with Gasteiger partial charge in [-0.1, -0.05) is 6.07 Å². The molecular formula is C10H15N3O2S. The van der Waals surface area contributed by atoms with Gasteiger partial charge in [0.25, 0.3) is 10.2 Å². The van der Waals surface area contributed by atoms with Crippen LogP contribution in [0.15, 0.2) is 24.5 Å². The van der Waals surface area contributed by atoms with Gasteiger partial charge in [-0.3, -0.25) is 4.98 Å². The Bertz CT molecular complexity index is 427. The number of nitrogens with one attached hydrogen (secondary N) is 1. The molecule has 0 amide bonds. The van der Waals surface area contributed by atoms with Crippen molar-refractivity contribution >= 4 is 10.2 Å². The van der Waals surface area contributed by atoms with Crippen molar-refractivity contribution in [1.29, 1.82) is 0 Å². The highest BCUT2D eigenvalue weighted by molar-refractivity contribution is 7.87. The van der Waals surface area contributed by atoms with Gasteiger partial charge in [0.2, 0.25) is 0 Å². The van der Waals surface area contributed by atoms with Crippen molar-refractivity contribution in [2.24, 2.45) is 0 Å². The summed E-state index contributed by atoms with van der Waals surface area (Å²) in [4.78, 5) is 3.93. The average molecular weight is 241 g/mol. The molecule has 16 heavy (non-hydrogen) atoms. The van der Waals surface area contributed by atoms with E-state index in [1.54, 1.807) is 18.5 Å². The Labute approximate surface area is 95.7 Å². The van der Waals surface area contributed by atoms with E-state index in [1.165, 1.54) is 4.31 Å². The lowest BCUT2D eigenvalue weighted by Crippen LogP contribution is -2.38. The van der Waals surface area contributed by atoms with Gasteiger partial charge in [0, 0.05) is 32.0 Å². The molecule has 0 atom stereocenters. The van der Waals surface area contributed by atoms with Crippen molar-refractivity contribution < 1.29 is 8.42 Å². The van der Waals surface area contributed by atoms with Crippen LogP contribution in [0.4, 0.5) is 0 Å². The number of hydrogen-bond acceptors (Lipinski definition) is 3. The molecule has 0 aliphatic carbocycles. The fourth-order valence-electron chi connectivity index (χ4n) is 1.70. The lowest BCUT2D eigenvalue weighted by molar-refractivity contribution is 0.464. The lowest BCUT2D eigenvalue weighted by Gasteiger charge is -2.15. The van der Waals surface area contributed by atoms with Crippen LogP contribution in [0, 0.1) is 0 Å².